The Balaban J connectivity index is 2.01. The van der Waals surface area contributed by atoms with E-state index in [4.69, 9.17) is 21.1 Å². The number of H-pyrrole nitrogens is 1. The van der Waals surface area contributed by atoms with Gasteiger partial charge in [-0.2, -0.15) is 5.10 Å². The zero-order chi connectivity index (χ0) is 21.0. The van der Waals surface area contributed by atoms with Crippen LogP contribution in [0, 0.1) is 0 Å². The van der Waals surface area contributed by atoms with Crippen molar-refractivity contribution in [3.8, 4) is 5.75 Å². The van der Waals surface area contributed by atoms with Gasteiger partial charge in [-0.3, -0.25) is 4.79 Å². The Bertz CT molecular complexity index is 1220. The average molecular weight is 481 g/mol. The minimum absolute atomic E-state index is 0.228. The summed E-state index contributed by atoms with van der Waals surface area (Å²) in [6, 6.07) is 9.71. The fraction of sp³-hybridized carbons (Fsp3) is 0.158. The van der Waals surface area contributed by atoms with E-state index >= 15 is 0 Å². The Morgan fingerprint density at radius 2 is 2.07 bits per heavy atom. The third kappa shape index (κ3) is 4.75. The molecule has 0 atom stereocenters. The number of esters is 1. The monoisotopic (exact) mass is 479 g/mol. The summed E-state index contributed by atoms with van der Waals surface area (Å²) in [6.07, 6.45) is 1.25. The van der Waals surface area contributed by atoms with Crippen LogP contribution < -0.4 is 16.0 Å². The van der Waals surface area contributed by atoms with Gasteiger partial charge in [-0.05, 0) is 47.1 Å². The van der Waals surface area contributed by atoms with Gasteiger partial charge in [-0.25, -0.2) is 9.59 Å². The normalized spacial score (nSPS) is 11.1. The molecule has 1 heterocycles. The molecule has 0 aliphatic rings. The largest absolute Gasteiger partial charge is 0.480 e. The van der Waals surface area contributed by atoms with Crippen molar-refractivity contribution in [1.29, 1.82) is 0 Å². The highest BCUT2D eigenvalue weighted by atomic mass is 79.9. The number of ether oxygens (including phenoxy) is 2. The SMILES string of the molecule is CCOC(=O)COc1c(Br)cc(Cl)cc1C=Nn1c(=O)[nH]c2ccccc2c1=O. The van der Waals surface area contributed by atoms with Gasteiger partial charge in [0.25, 0.3) is 5.56 Å². The number of carbonyl (C=O) groups is 1. The maximum absolute atomic E-state index is 12.6. The lowest BCUT2D eigenvalue weighted by Gasteiger charge is -2.11. The van der Waals surface area contributed by atoms with Crippen molar-refractivity contribution in [2.45, 2.75) is 6.92 Å². The topological polar surface area (TPSA) is 103 Å². The van der Waals surface area contributed by atoms with Crippen LogP contribution in [0.3, 0.4) is 0 Å². The number of carbonyl (C=O) groups excluding carboxylic acids is 1. The first-order valence-electron chi connectivity index (χ1n) is 8.46. The first-order valence-corrected chi connectivity index (χ1v) is 9.63. The lowest BCUT2D eigenvalue weighted by molar-refractivity contribution is -0.145. The molecule has 0 bridgehead atoms. The van der Waals surface area contributed by atoms with Crippen molar-refractivity contribution in [2.24, 2.45) is 5.10 Å². The number of nitrogens with zero attached hydrogens (tertiary/aromatic N) is 2. The minimum Gasteiger partial charge on any atom is -0.480 e. The van der Waals surface area contributed by atoms with Gasteiger partial charge in [0.05, 0.1) is 28.2 Å². The summed E-state index contributed by atoms with van der Waals surface area (Å²) in [7, 11) is 0. The van der Waals surface area contributed by atoms with Crippen LogP contribution in [0.4, 0.5) is 0 Å². The third-order valence-corrected chi connectivity index (χ3v) is 4.58. The molecule has 8 nitrogen and oxygen atoms in total. The molecule has 1 N–H and O–H groups in total. The quantitative estimate of drug-likeness (QED) is 0.432. The summed E-state index contributed by atoms with van der Waals surface area (Å²) in [4.78, 5) is 39.0. The van der Waals surface area contributed by atoms with E-state index in [-0.39, 0.29) is 19.0 Å². The van der Waals surface area contributed by atoms with Crippen LogP contribution in [0.2, 0.25) is 5.02 Å². The number of para-hydroxylation sites is 1. The van der Waals surface area contributed by atoms with Crippen molar-refractivity contribution in [3.63, 3.8) is 0 Å². The van der Waals surface area contributed by atoms with Crippen LogP contribution in [0.1, 0.15) is 12.5 Å². The summed E-state index contributed by atoms with van der Waals surface area (Å²) in [5.74, 6) is -0.282. The van der Waals surface area contributed by atoms with Crippen LogP contribution in [-0.4, -0.2) is 35.1 Å². The van der Waals surface area contributed by atoms with Crippen molar-refractivity contribution >= 4 is 50.6 Å². The molecular weight excluding hydrogens is 466 g/mol. The molecule has 0 aliphatic carbocycles. The van der Waals surface area contributed by atoms with E-state index in [0.717, 1.165) is 0 Å². The minimum atomic E-state index is -0.694. The number of hydrogen-bond acceptors (Lipinski definition) is 6. The average Bonchev–Trinajstić information content (AvgIpc) is 2.67. The Morgan fingerprint density at radius 1 is 1.31 bits per heavy atom. The van der Waals surface area contributed by atoms with Crippen molar-refractivity contribution in [2.75, 3.05) is 13.2 Å². The molecule has 0 aliphatic heterocycles. The molecule has 2 aromatic carbocycles. The highest BCUT2D eigenvalue weighted by Crippen LogP contribution is 2.32. The molecule has 29 heavy (non-hydrogen) atoms. The molecular formula is C19H15BrClN3O5. The van der Waals surface area contributed by atoms with Gasteiger partial charge in [-0.1, -0.05) is 23.7 Å². The highest BCUT2D eigenvalue weighted by molar-refractivity contribution is 9.10. The fourth-order valence-corrected chi connectivity index (χ4v) is 3.49. The van der Waals surface area contributed by atoms with E-state index in [1.165, 1.54) is 12.3 Å². The lowest BCUT2D eigenvalue weighted by Crippen LogP contribution is -2.32. The maximum atomic E-state index is 12.6. The summed E-state index contributed by atoms with van der Waals surface area (Å²) < 4.78 is 11.5. The number of benzene rings is 2. The molecule has 0 amide bonds. The molecule has 150 valence electrons. The second-order valence-corrected chi connectivity index (χ2v) is 7.03. The van der Waals surface area contributed by atoms with Crippen molar-refractivity contribution in [1.82, 2.24) is 9.66 Å². The molecule has 0 spiro atoms. The summed E-state index contributed by atoms with van der Waals surface area (Å²) in [5.41, 5.74) is -0.498. The van der Waals surface area contributed by atoms with Gasteiger partial charge in [0.15, 0.2) is 6.61 Å². The molecule has 1 aromatic heterocycles. The van der Waals surface area contributed by atoms with E-state index in [1.807, 2.05) is 0 Å². The van der Waals surface area contributed by atoms with Gasteiger partial charge >= 0.3 is 11.7 Å². The van der Waals surface area contributed by atoms with Crippen molar-refractivity contribution < 1.29 is 14.3 Å². The Morgan fingerprint density at radius 3 is 2.83 bits per heavy atom. The zero-order valence-electron chi connectivity index (χ0n) is 15.1. The predicted molar refractivity (Wildman–Crippen MR) is 113 cm³/mol. The van der Waals surface area contributed by atoms with Crippen LogP contribution in [0.5, 0.6) is 5.75 Å². The number of rotatable bonds is 6. The number of hydrogen-bond donors (Lipinski definition) is 1. The zero-order valence-corrected chi connectivity index (χ0v) is 17.5. The standard InChI is InChI=1S/C19H15BrClN3O5/c1-2-28-16(25)10-29-17-11(7-12(21)8-14(17)20)9-22-24-18(26)13-5-3-4-6-15(13)23-19(24)27/h3-9H,2,10H2,1H3,(H,23,27). The summed E-state index contributed by atoms with van der Waals surface area (Å²) in [6.45, 7) is 1.59. The second-order valence-electron chi connectivity index (χ2n) is 5.74. The number of aromatic nitrogens is 2. The van der Waals surface area contributed by atoms with Gasteiger partial charge in [0.2, 0.25) is 0 Å². The summed E-state index contributed by atoms with van der Waals surface area (Å²) >= 11 is 9.40. The van der Waals surface area contributed by atoms with Crippen molar-refractivity contribution in [3.05, 3.63) is 72.3 Å². The molecule has 10 heteroatoms. The summed E-state index contributed by atoms with van der Waals surface area (Å²) in [5, 5.41) is 4.67. The van der Waals surface area contributed by atoms with Gasteiger partial charge in [0, 0.05) is 10.6 Å². The molecule has 3 rings (SSSR count). The van der Waals surface area contributed by atoms with Crippen LogP contribution in [-0.2, 0) is 9.53 Å². The first-order chi connectivity index (χ1) is 13.9. The number of aromatic amines is 1. The maximum Gasteiger partial charge on any atom is 0.349 e. The Hall–Kier alpha value is -2.91. The number of halogens is 2. The molecule has 0 unspecified atom stereocenters. The molecule has 0 saturated heterocycles. The number of nitrogens with one attached hydrogen (secondary N) is 1. The van der Waals surface area contributed by atoms with Gasteiger partial charge < -0.3 is 14.5 Å². The smallest absolute Gasteiger partial charge is 0.349 e. The van der Waals surface area contributed by atoms with Crippen LogP contribution in [0.25, 0.3) is 10.9 Å². The molecule has 0 saturated carbocycles. The predicted octanol–water partition coefficient (Wildman–Crippen LogP) is 2.93. The number of fused-ring (bicyclic) bond motifs is 1. The Labute approximate surface area is 177 Å². The van der Waals surface area contributed by atoms with E-state index in [2.05, 4.69) is 26.0 Å². The van der Waals surface area contributed by atoms with E-state index in [0.29, 0.717) is 30.6 Å². The second kappa shape index (κ2) is 9.06. The molecule has 0 fully saturated rings. The fourth-order valence-electron chi connectivity index (χ4n) is 2.54. The van der Waals surface area contributed by atoms with E-state index < -0.39 is 17.2 Å². The van der Waals surface area contributed by atoms with E-state index in [9.17, 15) is 14.4 Å². The van der Waals surface area contributed by atoms with Crippen LogP contribution in [0.15, 0.2) is 55.6 Å². The highest BCUT2D eigenvalue weighted by Gasteiger charge is 2.13. The lowest BCUT2D eigenvalue weighted by atomic mass is 10.2. The van der Waals surface area contributed by atoms with Gasteiger partial charge in [-0.15, -0.1) is 4.68 Å². The van der Waals surface area contributed by atoms with E-state index in [1.54, 1.807) is 37.3 Å². The molecule has 0 radical (unpaired) electrons. The van der Waals surface area contributed by atoms with Crippen LogP contribution >= 0.6 is 27.5 Å². The first kappa shape index (κ1) is 20.8. The Kier molecular flexibility index (Phi) is 6.50. The van der Waals surface area contributed by atoms with Gasteiger partial charge in [0.1, 0.15) is 5.75 Å². The third-order valence-electron chi connectivity index (χ3n) is 3.77. The molecule has 3 aromatic rings.